The van der Waals surface area contributed by atoms with Crippen LogP contribution < -0.4 is 5.32 Å². The number of aromatic nitrogens is 3. The SMILES string of the molecule is Cl.Cn1c2nc3ccccc3nc2c2cccc(CNC(C)(CO)CO)c21. The maximum Gasteiger partial charge on any atom is 0.160 e. The fraction of sp³-hybridized carbons (Fsp3) is 0.300. The van der Waals surface area contributed by atoms with Crippen LogP contribution in [0.15, 0.2) is 42.5 Å². The van der Waals surface area contributed by atoms with Gasteiger partial charge in [-0.15, -0.1) is 12.4 Å². The van der Waals surface area contributed by atoms with Gasteiger partial charge in [-0.1, -0.05) is 30.3 Å². The molecule has 142 valence electrons. The highest BCUT2D eigenvalue weighted by molar-refractivity contribution is 6.07. The van der Waals surface area contributed by atoms with Gasteiger partial charge < -0.3 is 20.1 Å². The summed E-state index contributed by atoms with van der Waals surface area (Å²) in [4.78, 5) is 9.62. The second-order valence-electron chi connectivity index (χ2n) is 6.99. The van der Waals surface area contributed by atoms with Gasteiger partial charge in [-0.25, -0.2) is 9.97 Å². The second kappa shape index (κ2) is 7.40. The minimum Gasteiger partial charge on any atom is -0.394 e. The number of nitrogens with one attached hydrogen (secondary N) is 1. The van der Waals surface area contributed by atoms with Crippen LogP contribution in [0.4, 0.5) is 0 Å². The molecule has 0 aliphatic carbocycles. The van der Waals surface area contributed by atoms with Gasteiger partial charge in [0.05, 0.1) is 35.3 Å². The summed E-state index contributed by atoms with van der Waals surface area (Å²) in [6.07, 6.45) is 0. The van der Waals surface area contributed by atoms with Gasteiger partial charge in [0.25, 0.3) is 0 Å². The molecule has 2 heterocycles. The van der Waals surface area contributed by atoms with Crippen molar-refractivity contribution >= 4 is 45.5 Å². The summed E-state index contributed by atoms with van der Waals surface area (Å²) in [6.45, 7) is 2.05. The van der Waals surface area contributed by atoms with E-state index in [-0.39, 0.29) is 25.6 Å². The number of para-hydroxylation sites is 3. The molecular weight excluding hydrogens is 364 g/mol. The molecule has 0 spiro atoms. The Balaban J connectivity index is 0.00000210. The molecule has 0 amide bonds. The number of nitrogens with zero attached hydrogens (tertiary/aromatic N) is 3. The molecule has 0 saturated heterocycles. The number of halogens is 1. The van der Waals surface area contributed by atoms with Crippen molar-refractivity contribution in [2.45, 2.75) is 19.0 Å². The number of rotatable bonds is 5. The van der Waals surface area contributed by atoms with Crippen molar-refractivity contribution in [1.82, 2.24) is 19.9 Å². The normalized spacial score (nSPS) is 12.0. The van der Waals surface area contributed by atoms with Gasteiger partial charge in [0.15, 0.2) is 5.65 Å². The fourth-order valence-electron chi connectivity index (χ4n) is 3.30. The molecule has 0 bridgehead atoms. The highest BCUT2D eigenvalue weighted by atomic mass is 35.5. The number of aryl methyl sites for hydroxylation is 1. The Bertz CT molecular complexity index is 1110. The first-order valence-corrected chi connectivity index (χ1v) is 8.66. The van der Waals surface area contributed by atoms with E-state index in [0.29, 0.717) is 6.54 Å². The van der Waals surface area contributed by atoms with Crippen LogP contribution in [0.5, 0.6) is 0 Å². The van der Waals surface area contributed by atoms with Gasteiger partial charge in [-0.05, 0) is 24.6 Å². The molecule has 0 saturated carbocycles. The predicted octanol–water partition coefficient (Wildman–Crippen LogP) is 2.53. The molecule has 0 fully saturated rings. The maximum absolute atomic E-state index is 9.51. The molecule has 0 aliphatic heterocycles. The zero-order valence-electron chi connectivity index (χ0n) is 15.3. The fourth-order valence-corrected chi connectivity index (χ4v) is 3.30. The van der Waals surface area contributed by atoms with Crippen molar-refractivity contribution in [3.8, 4) is 0 Å². The highest BCUT2D eigenvalue weighted by Crippen LogP contribution is 2.29. The molecule has 3 N–H and O–H groups in total. The van der Waals surface area contributed by atoms with E-state index in [9.17, 15) is 10.2 Å². The third kappa shape index (κ3) is 3.26. The van der Waals surface area contributed by atoms with Gasteiger partial charge in [-0.2, -0.15) is 0 Å². The molecule has 4 aromatic rings. The van der Waals surface area contributed by atoms with Gasteiger partial charge in [0.1, 0.15) is 5.52 Å². The lowest BCUT2D eigenvalue weighted by Gasteiger charge is -2.26. The number of aliphatic hydroxyl groups excluding tert-OH is 2. The molecule has 2 aromatic carbocycles. The Morgan fingerprint density at radius 1 is 1.00 bits per heavy atom. The van der Waals surface area contributed by atoms with Gasteiger partial charge >= 0.3 is 0 Å². The van der Waals surface area contributed by atoms with Crippen LogP contribution in [-0.4, -0.2) is 43.5 Å². The number of hydrogen-bond donors (Lipinski definition) is 3. The van der Waals surface area contributed by atoms with Gasteiger partial charge in [0.2, 0.25) is 0 Å². The van der Waals surface area contributed by atoms with Crippen LogP contribution in [0.1, 0.15) is 12.5 Å². The van der Waals surface area contributed by atoms with E-state index < -0.39 is 5.54 Å². The molecule has 2 aromatic heterocycles. The van der Waals surface area contributed by atoms with E-state index in [4.69, 9.17) is 9.97 Å². The first-order chi connectivity index (χ1) is 12.6. The van der Waals surface area contributed by atoms with Crippen molar-refractivity contribution < 1.29 is 10.2 Å². The zero-order valence-corrected chi connectivity index (χ0v) is 16.1. The Morgan fingerprint density at radius 2 is 1.67 bits per heavy atom. The summed E-state index contributed by atoms with van der Waals surface area (Å²) in [5, 5.41) is 23.3. The largest absolute Gasteiger partial charge is 0.394 e. The van der Waals surface area contributed by atoms with Gasteiger partial charge in [-0.3, -0.25) is 0 Å². The first-order valence-electron chi connectivity index (χ1n) is 8.66. The smallest absolute Gasteiger partial charge is 0.160 e. The second-order valence-corrected chi connectivity index (χ2v) is 6.99. The van der Waals surface area contributed by atoms with Crippen molar-refractivity contribution in [2.24, 2.45) is 7.05 Å². The number of aliphatic hydroxyl groups is 2. The molecule has 0 aliphatic rings. The monoisotopic (exact) mass is 386 g/mol. The van der Waals surface area contributed by atoms with Crippen LogP contribution in [0.3, 0.4) is 0 Å². The lowest BCUT2D eigenvalue weighted by Crippen LogP contribution is -2.48. The molecule has 0 atom stereocenters. The first kappa shape index (κ1) is 19.5. The minimum atomic E-state index is -0.724. The minimum absolute atomic E-state index is 0. The number of benzene rings is 2. The molecule has 0 unspecified atom stereocenters. The quantitative estimate of drug-likeness (QED) is 0.491. The van der Waals surface area contributed by atoms with E-state index in [0.717, 1.165) is 38.7 Å². The van der Waals surface area contributed by atoms with Crippen molar-refractivity contribution in [1.29, 1.82) is 0 Å². The summed E-state index contributed by atoms with van der Waals surface area (Å²) in [6, 6.07) is 14.0. The molecular formula is C20H23ClN4O2. The van der Waals surface area contributed by atoms with Crippen molar-refractivity contribution in [3.63, 3.8) is 0 Å². The third-order valence-corrected chi connectivity index (χ3v) is 4.98. The lowest BCUT2D eigenvalue weighted by molar-refractivity contribution is 0.103. The van der Waals surface area contributed by atoms with E-state index in [1.807, 2.05) is 43.4 Å². The van der Waals surface area contributed by atoms with Crippen LogP contribution in [0.25, 0.3) is 33.1 Å². The number of hydrogen-bond acceptors (Lipinski definition) is 5. The van der Waals surface area contributed by atoms with Crippen LogP contribution in [0, 0.1) is 0 Å². The Kier molecular flexibility index (Phi) is 5.35. The molecule has 4 rings (SSSR count). The number of fused-ring (bicyclic) bond motifs is 4. The topological polar surface area (TPSA) is 83.2 Å². The average Bonchev–Trinajstić information content (AvgIpc) is 2.97. The van der Waals surface area contributed by atoms with Crippen molar-refractivity contribution in [3.05, 3.63) is 48.0 Å². The third-order valence-electron chi connectivity index (χ3n) is 4.98. The van der Waals surface area contributed by atoms with Crippen LogP contribution in [-0.2, 0) is 13.6 Å². The van der Waals surface area contributed by atoms with E-state index >= 15 is 0 Å². The van der Waals surface area contributed by atoms with Crippen molar-refractivity contribution in [2.75, 3.05) is 13.2 Å². The summed E-state index contributed by atoms with van der Waals surface area (Å²) in [5.74, 6) is 0. The Hall–Kier alpha value is -2.25. The average molecular weight is 387 g/mol. The van der Waals surface area contributed by atoms with E-state index in [2.05, 4.69) is 16.0 Å². The maximum atomic E-state index is 9.51. The standard InChI is InChI=1S/C20H22N4O2.ClH/c1-20(11-25,12-26)21-10-13-6-5-7-14-17-19(24(2)18(13)14)23-16-9-4-3-8-15(16)22-17;/h3-9,21,25-26H,10-12H2,1-2H3;1H. The predicted molar refractivity (Wildman–Crippen MR) is 110 cm³/mol. The van der Waals surface area contributed by atoms with Crippen LogP contribution in [0.2, 0.25) is 0 Å². The summed E-state index contributed by atoms with van der Waals surface area (Å²) >= 11 is 0. The molecule has 0 radical (unpaired) electrons. The van der Waals surface area contributed by atoms with E-state index in [1.54, 1.807) is 6.92 Å². The molecule has 6 nitrogen and oxygen atoms in total. The Morgan fingerprint density at radius 3 is 2.33 bits per heavy atom. The van der Waals surface area contributed by atoms with Crippen LogP contribution >= 0.6 is 12.4 Å². The summed E-state index contributed by atoms with van der Waals surface area (Å²) < 4.78 is 2.07. The Labute approximate surface area is 163 Å². The lowest BCUT2D eigenvalue weighted by atomic mass is 10.0. The summed E-state index contributed by atoms with van der Waals surface area (Å²) in [5.41, 5.74) is 4.89. The zero-order chi connectivity index (χ0) is 18.3. The van der Waals surface area contributed by atoms with E-state index in [1.165, 1.54) is 0 Å². The molecule has 7 heteroatoms. The highest BCUT2D eigenvalue weighted by Gasteiger charge is 2.22. The summed E-state index contributed by atoms with van der Waals surface area (Å²) in [7, 11) is 1.99. The van der Waals surface area contributed by atoms with Gasteiger partial charge in [0, 0.05) is 19.0 Å². The molecule has 27 heavy (non-hydrogen) atoms.